The maximum atomic E-state index is 12.4. The minimum absolute atomic E-state index is 0.0792. The van der Waals surface area contributed by atoms with E-state index in [1.807, 2.05) is 6.07 Å². The SMILES string of the molecule is C#CCOc1c(Br)cc(Br)cc1/C=N/N[C@@H](O)COc1ccc([C@@H]2NC(=O)NC(C)=C2C(=O)OC)cc1OCC. The molecule has 2 atom stereocenters. The zero-order valence-corrected chi connectivity index (χ0v) is 25.1. The summed E-state index contributed by atoms with van der Waals surface area (Å²) in [4.78, 5) is 24.5. The molecule has 0 saturated heterocycles. The van der Waals surface area contributed by atoms with Crippen molar-refractivity contribution in [2.75, 3.05) is 26.9 Å². The van der Waals surface area contributed by atoms with E-state index < -0.39 is 24.3 Å². The van der Waals surface area contributed by atoms with Gasteiger partial charge in [-0.25, -0.2) is 9.59 Å². The number of terminal acetylenes is 1. The van der Waals surface area contributed by atoms with E-state index >= 15 is 0 Å². The highest BCUT2D eigenvalue weighted by atomic mass is 79.9. The van der Waals surface area contributed by atoms with Gasteiger partial charge >= 0.3 is 12.0 Å². The maximum absolute atomic E-state index is 12.4. The van der Waals surface area contributed by atoms with Crippen LogP contribution in [0.4, 0.5) is 4.79 Å². The summed E-state index contributed by atoms with van der Waals surface area (Å²) in [6.45, 7) is 3.66. The molecule has 0 aromatic heterocycles. The molecule has 2 aromatic carbocycles. The Labute approximate surface area is 248 Å². The molecule has 11 nitrogen and oxygen atoms in total. The van der Waals surface area contributed by atoms with Crippen molar-refractivity contribution in [3.63, 3.8) is 0 Å². The van der Waals surface area contributed by atoms with Crippen molar-refractivity contribution < 1.29 is 33.6 Å². The fraction of sp³-hybridized carbons (Fsp3) is 0.296. The van der Waals surface area contributed by atoms with Crippen molar-refractivity contribution in [1.29, 1.82) is 0 Å². The Balaban J connectivity index is 1.72. The van der Waals surface area contributed by atoms with Crippen molar-refractivity contribution in [1.82, 2.24) is 16.1 Å². The Morgan fingerprint density at radius 3 is 2.73 bits per heavy atom. The van der Waals surface area contributed by atoms with Crippen molar-refractivity contribution in [3.8, 4) is 29.6 Å². The van der Waals surface area contributed by atoms with Gasteiger partial charge in [-0.15, -0.1) is 6.42 Å². The van der Waals surface area contributed by atoms with Gasteiger partial charge in [-0.05, 0) is 59.6 Å². The number of aliphatic hydroxyl groups excluding tert-OH is 1. The smallest absolute Gasteiger partial charge is 0.337 e. The molecule has 0 unspecified atom stereocenters. The number of benzene rings is 2. The Morgan fingerprint density at radius 1 is 1.25 bits per heavy atom. The lowest BCUT2D eigenvalue weighted by molar-refractivity contribution is -0.136. The van der Waals surface area contributed by atoms with Crippen LogP contribution in [0.1, 0.15) is 31.0 Å². The number of rotatable bonds is 12. The summed E-state index contributed by atoms with van der Waals surface area (Å²) in [5.41, 5.74) is 4.44. The van der Waals surface area contributed by atoms with Gasteiger partial charge in [0.2, 0.25) is 0 Å². The number of urea groups is 1. The van der Waals surface area contributed by atoms with Gasteiger partial charge in [-0.3, -0.25) is 5.43 Å². The third-order valence-corrected chi connectivity index (χ3v) is 6.48. The van der Waals surface area contributed by atoms with Crippen LogP contribution < -0.4 is 30.3 Å². The molecule has 40 heavy (non-hydrogen) atoms. The molecule has 2 amide bonds. The fourth-order valence-corrected chi connectivity index (χ4v) is 5.13. The molecule has 1 aliphatic heterocycles. The zero-order chi connectivity index (χ0) is 29.2. The molecule has 0 radical (unpaired) electrons. The third kappa shape index (κ3) is 7.91. The summed E-state index contributed by atoms with van der Waals surface area (Å²) >= 11 is 6.85. The number of nitrogens with zero attached hydrogens (tertiary/aromatic N) is 1. The summed E-state index contributed by atoms with van der Waals surface area (Å²) in [5.74, 6) is 3.05. The molecule has 3 rings (SSSR count). The van der Waals surface area contributed by atoms with Crippen LogP contribution in [0.5, 0.6) is 17.2 Å². The first-order valence-electron chi connectivity index (χ1n) is 12.0. The van der Waals surface area contributed by atoms with Crippen LogP contribution in [0.2, 0.25) is 0 Å². The van der Waals surface area contributed by atoms with Crippen LogP contribution in [0.3, 0.4) is 0 Å². The molecule has 13 heteroatoms. The number of ether oxygens (including phenoxy) is 4. The highest BCUT2D eigenvalue weighted by Crippen LogP contribution is 2.35. The lowest BCUT2D eigenvalue weighted by Gasteiger charge is -2.28. The second-order valence-corrected chi connectivity index (χ2v) is 9.98. The molecular weight excluding hydrogens is 652 g/mol. The molecule has 4 N–H and O–H groups in total. The Bertz CT molecular complexity index is 1360. The summed E-state index contributed by atoms with van der Waals surface area (Å²) < 4.78 is 23.5. The van der Waals surface area contributed by atoms with Gasteiger partial charge in [0.1, 0.15) is 19.0 Å². The maximum Gasteiger partial charge on any atom is 0.337 e. The molecule has 1 heterocycles. The molecule has 0 bridgehead atoms. The molecule has 0 spiro atoms. The average molecular weight is 680 g/mol. The number of halogens is 2. The van der Waals surface area contributed by atoms with E-state index in [4.69, 9.17) is 25.4 Å². The fourth-order valence-electron chi connectivity index (χ4n) is 3.76. The monoisotopic (exact) mass is 678 g/mol. The molecule has 0 saturated carbocycles. The van der Waals surface area contributed by atoms with Gasteiger partial charge in [0.15, 0.2) is 17.7 Å². The highest BCUT2D eigenvalue weighted by Gasteiger charge is 2.32. The second-order valence-electron chi connectivity index (χ2n) is 8.21. The number of nitrogens with one attached hydrogen (secondary N) is 3. The highest BCUT2D eigenvalue weighted by molar-refractivity contribution is 9.11. The average Bonchev–Trinajstić information content (AvgIpc) is 2.91. The largest absolute Gasteiger partial charge is 0.490 e. The van der Waals surface area contributed by atoms with E-state index in [1.54, 1.807) is 38.1 Å². The van der Waals surface area contributed by atoms with Crippen LogP contribution in [-0.2, 0) is 9.53 Å². The normalized spacial score (nSPS) is 15.5. The number of allylic oxidation sites excluding steroid dienone is 1. The van der Waals surface area contributed by atoms with Gasteiger partial charge in [-0.2, -0.15) is 5.10 Å². The van der Waals surface area contributed by atoms with Crippen molar-refractivity contribution in [2.24, 2.45) is 5.10 Å². The molecule has 212 valence electrons. The topological polar surface area (TPSA) is 140 Å². The van der Waals surface area contributed by atoms with Crippen LogP contribution in [0.15, 0.2) is 55.6 Å². The van der Waals surface area contributed by atoms with Crippen molar-refractivity contribution in [2.45, 2.75) is 26.1 Å². The number of amides is 2. The van der Waals surface area contributed by atoms with E-state index in [2.05, 4.69) is 58.9 Å². The summed E-state index contributed by atoms with van der Waals surface area (Å²) in [5, 5.41) is 19.8. The van der Waals surface area contributed by atoms with Crippen LogP contribution in [-0.4, -0.2) is 56.5 Å². The van der Waals surface area contributed by atoms with Crippen LogP contribution in [0.25, 0.3) is 0 Å². The van der Waals surface area contributed by atoms with Gasteiger partial charge in [0, 0.05) is 15.7 Å². The lowest BCUT2D eigenvalue weighted by Crippen LogP contribution is -2.45. The van der Waals surface area contributed by atoms with Crippen LogP contribution >= 0.6 is 31.9 Å². The van der Waals surface area contributed by atoms with E-state index in [-0.39, 0.29) is 18.8 Å². The van der Waals surface area contributed by atoms with Crippen molar-refractivity contribution >= 4 is 50.1 Å². The zero-order valence-electron chi connectivity index (χ0n) is 21.9. The lowest BCUT2D eigenvalue weighted by atomic mass is 9.95. The van der Waals surface area contributed by atoms with E-state index in [0.29, 0.717) is 45.2 Å². The molecule has 2 aromatic rings. The first-order chi connectivity index (χ1) is 19.2. The predicted molar refractivity (Wildman–Crippen MR) is 155 cm³/mol. The molecule has 0 aliphatic carbocycles. The minimum atomic E-state index is -1.17. The number of esters is 1. The van der Waals surface area contributed by atoms with Gasteiger partial charge in [0.05, 0.1) is 36.0 Å². The van der Waals surface area contributed by atoms with Crippen LogP contribution in [0, 0.1) is 12.3 Å². The van der Waals surface area contributed by atoms with E-state index in [9.17, 15) is 14.7 Å². The number of hydrogen-bond donors (Lipinski definition) is 4. The number of carbonyl (C=O) groups excluding carboxylic acids is 2. The number of hydrazone groups is 1. The number of carbonyl (C=O) groups is 2. The van der Waals surface area contributed by atoms with Gasteiger partial charge in [0.25, 0.3) is 0 Å². The first kappa shape index (κ1) is 30.8. The van der Waals surface area contributed by atoms with E-state index in [1.165, 1.54) is 13.3 Å². The third-order valence-electron chi connectivity index (χ3n) is 5.44. The summed E-state index contributed by atoms with van der Waals surface area (Å²) in [7, 11) is 1.27. The minimum Gasteiger partial charge on any atom is -0.490 e. The first-order valence-corrected chi connectivity index (χ1v) is 13.5. The van der Waals surface area contributed by atoms with Gasteiger partial charge in [-0.1, -0.05) is 27.9 Å². The quantitative estimate of drug-likeness (QED) is 0.0875. The summed E-state index contributed by atoms with van der Waals surface area (Å²) in [6, 6.07) is 7.36. The Morgan fingerprint density at radius 2 is 2.02 bits per heavy atom. The predicted octanol–water partition coefficient (Wildman–Crippen LogP) is 3.74. The molecular formula is C27H28Br2N4O7. The Hall–Kier alpha value is -3.73. The molecule has 0 fully saturated rings. The number of hydrogen-bond acceptors (Lipinski definition) is 9. The second kappa shape index (κ2) is 14.6. The number of aliphatic hydroxyl groups is 1. The summed E-state index contributed by atoms with van der Waals surface area (Å²) in [6.07, 6.45) is 5.61. The number of methoxy groups -OCH3 is 1. The Kier molecular flexibility index (Phi) is 11.2. The molecule has 1 aliphatic rings. The van der Waals surface area contributed by atoms with Crippen molar-refractivity contribution in [3.05, 3.63) is 61.7 Å². The van der Waals surface area contributed by atoms with E-state index in [0.717, 1.165) is 4.47 Å². The standard InChI is InChI=1S/C27H28Br2N4O7/c1-5-9-39-25-17(10-18(28)12-19(25)29)13-30-33-22(34)14-40-20-8-7-16(11-21(20)38-6-2)24-23(26(35)37-4)15(3)31-27(36)32-24/h1,7-8,10-13,22,24,33-34H,6,9,14H2,2-4H3,(H2,31,32,36)/b30-13+/t22-,24-/m0/s1. The van der Waals surface area contributed by atoms with Gasteiger partial charge < -0.3 is 34.7 Å².